The number of halogens is 5. The quantitative estimate of drug-likeness (QED) is 0.277. The van der Waals surface area contributed by atoms with Crippen LogP contribution in [-0.2, 0) is 25.7 Å². The van der Waals surface area contributed by atoms with Gasteiger partial charge in [0, 0.05) is 41.3 Å². The maximum absolute atomic E-state index is 13.2. The highest BCUT2D eigenvalue weighted by molar-refractivity contribution is 6.31. The van der Waals surface area contributed by atoms with Gasteiger partial charge in [-0.25, -0.2) is 14.1 Å². The second-order valence-corrected chi connectivity index (χ2v) is 9.88. The van der Waals surface area contributed by atoms with E-state index in [2.05, 4.69) is 24.8 Å². The summed E-state index contributed by atoms with van der Waals surface area (Å²) in [5.74, 6) is 0.127. The lowest BCUT2D eigenvalue weighted by Gasteiger charge is -2.35. The third-order valence-corrected chi connectivity index (χ3v) is 7.17. The molecular weight excluding hydrogens is 528 g/mol. The van der Waals surface area contributed by atoms with Gasteiger partial charge in [0.05, 0.1) is 17.7 Å². The number of alkyl halides is 3. The molecule has 1 atom stereocenters. The molecule has 7 nitrogen and oxygen atoms in total. The monoisotopic (exact) mass is 553 g/mol. The van der Waals surface area contributed by atoms with Crippen LogP contribution in [0.1, 0.15) is 23.0 Å². The minimum Gasteiger partial charge on any atom is -0.392 e. The van der Waals surface area contributed by atoms with Crippen molar-refractivity contribution in [2.45, 2.75) is 31.7 Å². The summed E-state index contributed by atoms with van der Waals surface area (Å²) in [6, 6.07) is 8.48. The first-order chi connectivity index (χ1) is 17.7. The van der Waals surface area contributed by atoms with Crippen LogP contribution < -0.4 is 9.88 Å². The maximum Gasteiger partial charge on any atom is 0.434 e. The number of nitrogens with one attached hydrogen (secondary N) is 2. The summed E-state index contributed by atoms with van der Waals surface area (Å²) in [7, 11) is 0. The van der Waals surface area contributed by atoms with Gasteiger partial charge in [0.2, 0.25) is 6.33 Å². The van der Waals surface area contributed by atoms with E-state index in [4.69, 9.17) is 23.2 Å². The maximum atomic E-state index is 13.2. The second kappa shape index (κ2) is 10.5. The molecule has 0 aliphatic carbocycles. The number of aromatic amines is 1. The molecule has 3 aromatic heterocycles. The summed E-state index contributed by atoms with van der Waals surface area (Å²) >= 11 is 12.0. The third-order valence-electron chi connectivity index (χ3n) is 6.63. The molecule has 1 aliphatic rings. The van der Waals surface area contributed by atoms with Crippen LogP contribution in [-0.4, -0.2) is 50.8 Å². The number of rotatable bonds is 8. The van der Waals surface area contributed by atoms with Gasteiger partial charge in [-0.15, -0.1) is 0 Å². The molecule has 3 N–H and O–H groups in total. The van der Waals surface area contributed by atoms with E-state index in [0.717, 1.165) is 29.6 Å². The van der Waals surface area contributed by atoms with E-state index in [1.54, 1.807) is 0 Å². The largest absolute Gasteiger partial charge is 0.434 e. The Hall–Kier alpha value is -2.79. The van der Waals surface area contributed by atoms with Crippen LogP contribution in [0.15, 0.2) is 49.1 Å². The van der Waals surface area contributed by atoms with E-state index in [1.807, 2.05) is 41.5 Å². The summed E-state index contributed by atoms with van der Waals surface area (Å²) in [5, 5.41) is 13.6. The van der Waals surface area contributed by atoms with E-state index >= 15 is 0 Å². The minimum absolute atomic E-state index is 0.00406. The Balaban J connectivity index is 1.37. The fourth-order valence-electron chi connectivity index (χ4n) is 4.92. The zero-order valence-corrected chi connectivity index (χ0v) is 21.3. The molecular formula is C25H26Cl2F3N6O+. The topological polar surface area (TPSA) is 73.0 Å². The van der Waals surface area contributed by atoms with E-state index in [0.29, 0.717) is 31.2 Å². The number of H-pyrrole nitrogens is 1. The standard InChI is InChI=1S/C25H26Cl2F3N6O/c26-16-1-3-20-18(13-16)17-5-7-36(8-6-31-22-4-2-19(27)24(33-22)25(28,29)30)21(23(17)32-20)14-35-10-9-34(15-35)11-12-37/h1-4,9-10,13,15,21,32,37H,5-8,11-12,14H2,(H,31,33)/q+1. The zero-order chi connectivity index (χ0) is 26.2. The molecule has 1 aromatic carbocycles. The summed E-state index contributed by atoms with van der Waals surface area (Å²) in [5.41, 5.74) is 2.26. The number of benzene rings is 1. The molecule has 0 bridgehead atoms. The average molecular weight is 554 g/mol. The van der Waals surface area contributed by atoms with Crippen molar-refractivity contribution in [2.24, 2.45) is 0 Å². The fourth-order valence-corrected chi connectivity index (χ4v) is 5.31. The summed E-state index contributed by atoms with van der Waals surface area (Å²) in [6.07, 6.45) is 2.04. The third kappa shape index (κ3) is 5.57. The molecule has 0 saturated heterocycles. The van der Waals surface area contributed by atoms with Crippen LogP contribution >= 0.6 is 23.2 Å². The predicted molar refractivity (Wildman–Crippen MR) is 136 cm³/mol. The van der Waals surface area contributed by atoms with Crippen molar-refractivity contribution < 1.29 is 22.8 Å². The molecule has 196 valence electrons. The van der Waals surface area contributed by atoms with Crippen molar-refractivity contribution in [2.75, 3.05) is 31.6 Å². The van der Waals surface area contributed by atoms with Crippen LogP contribution in [0.2, 0.25) is 10.0 Å². The van der Waals surface area contributed by atoms with Gasteiger partial charge >= 0.3 is 6.18 Å². The first-order valence-electron chi connectivity index (χ1n) is 11.9. The Morgan fingerprint density at radius 3 is 2.81 bits per heavy atom. The minimum atomic E-state index is -4.62. The molecule has 0 amide bonds. The molecule has 0 saturated carbocycles. The molecule has 0 radical (unpaired) electrons. The summed E-state index contributed by atoms with van der Waals surface area (Å²) < 4.78 is 43.6. The molecule has 0 fully saturated rings. The zero-order valence-electron chi connectivity index (χ0n) is 19.8. The van der Waals surface area contributed by atoms with Crippen LogP contribution in [0, 0.1) is 0 Å². The van der Waals surface area contributed by atoms with Crippen molar-refractivity contribution >= 4 is 39.9 Å². The first kappa shape index (κ1) is 25.8. The molecule has 5 rings (SSSR count). The molecule has 4 heterocycles. The number of anilines is 1. The van der Waals surface area contributed by atoms with Gasteiger partial charge in [0.1, 0.15) is 31.3 Å². The number of imidazole rings is 1. The second-order valence-electron chi connectivity index (χ2n) is 9.03. The Bertz CT molecular complexity index is 1400. The van der Waals surface area contributed by atoms with E-state index in [1.165, 1.54) is 17.7 Å². The molecule has 1 unspecified atom stereocenters. The first-order valence-corrected chi connectivity index (χ1v) is 12.7. The van der Waals surface area contributed by atoms with Crippen LogP contribution in [0.4, 0.5) is 19.0 Å². The van der Waals surface area contributed by atoms with Crippen molar-refractivity contribution in [3.05, 3.63) is 76.0 Å². The normalized spacial score (nSPS) is 16.3. The summed E-state index contributed by atoms with van der Waals surface area (Å²) in [4.78, 5) is 9.56. The Morgan fingerprint density at radius 2 is 2.03 bits per heavy atom. The van der Waals surface area contributed by atoms with Gasteiger partial charge in [-0.3, -0.25) is 4.90 Å². The number of aromatic nitrogens is 4. The Kier molecular flexibility index (Phi) is 7.35. The number of fused-ring (bicyclic) bond motifs is 3. The van der Waals surface area contributed by atoms with Crippen LogP contribution in [0.5, 0.6) is 0 Å². The molecule has 1 aliphatic heterocycles. The van der Waals surface area contributed by atoms with Gasteiger partial charge in [0.15, 0.2) is 5.69 Å². The van der Waals surface area contributed by atoms with Gasteiger partial charge in [-0.2, -0.15) is 13.2 Å². The van der Waals surface area contributed by atoms with Gasteiger partial charge in [-0.05, 0) is 42.3 Å². The van der Waals surface area contributed by atoms with Crippen molar-refractivity contribution in [3.63, 3.8) is 0 Å². The van der Waals surface area contributed by atoms with Crippen molar-refractivity contribution in [1.82, 2.24) is 19.4 Å². The van der Waals surface area contributed by atoms with Crippen LogP contribution in [0.25, 0.3) is 10.9 Å². The number of aliphatic hydroxyl groups excluding tert-OH is 1. The van der Waals surface area contributed by atoms with E-state index in [-0.39, 0.29) is 18.5 Å². The Labute approximate surface area is 221 Å². The highest BCUT2D eigenvalue weighted by atomic mass is 35.5. The average Bonchev–Trinajstić information content (AvgIpc) is 3.45. The van der Waals surface area contributed by atoms with E-state index in [9.17, 15) is 18.3 Å². The molecule has 37 heavy (non-hydrogen) atoms. The predicted octanol–water partition coefficient (Wildman–Crippen LogP) is 4.68. The van der Waals surface area contributed by atoms with E-state index < -0.39 is 16.9 Å². The van der Waals surface area contributed by atoms with Gasteiger partial charge < -0.3 is 15.4 Å². The lowest BCUT2D eigenvalue weighted by atomic mass is 9.97. The molecule has 0 spiro atoms. The number of hydrogen-bond acceptors (Lipinski definition) is 4. The van der Waals surface area contributed by atoms with Crippen molar-refractivity contribution in [3.8, 4) is 0 Å². The lowest BCUT2D eigenvalue weighted by Crippen LogP contribution is -2.46. The fraction of sp³-hybridized carbons (Fsp3) is 0.360. The highest BCUT2D eigenvalue weighted by Crippen LogP contribution is 2.36. The SMILES string of the molecule is OCCn1cc[n+](CC2c3[nH]c4ccc(Cl)cc4c3CCN2CCNc2ccc(Cl)c(C(F)(F)F)n2)c1. The molecule has 12 heteroatoms. The number of aliphatic hydroxyl groups is 1. The van der Waals surface area contributed by atoms with Gasteiger partial charge in [-0.1, -0.05) is 23.2 Å². The lowest BCUT2D eigenvalue weighted by molar-refractivity contribution is -0.702. The van der Waals surface area contributed by atoms with Crippen molar-refractivity contribution in [1.29, 1.82) is 0 Å². The number of hydrogen-bond donors (Lipinski definition) is 3. The number of nitrogens with zero attached hydrogens (tertiary/aromatic N) is 4. The number of pyridine rings is 1. The smallest absolute Gasteiger partial charge is 0.392 e. The van der Waals surface area contributed by atoms with Crippen LogP contribution in [0.3, 0.4) is 0 Å². The van der Waals surface area contributed by atoms with Gasteiger partial charge in [0.25, 0.3) is 0 Å². The summed E-state index contributed by atoms with van der Waals surface area (Å²) in [6.45, 7) is 2.98. The highest BCUT2D eigenvalue weighted by Gasteiger charge is 2.36. The Morgan fingerprint density at radius 1 is 1.19 bits per heavy atom. The molecule has 4 aromatic rings.